The zero-order chi connectivity index (χ0) is 14.6. The Kier molecular flexibility index (Phi) is 2.97. The maximum Gasteiger partial charge on any atom is 0.142 e. The molecule has 2 bridgehead atoms. The van der Waals surface area contributed by atoms with Crippen LogP contribution in [0, 0.1) is 5.92 Å². The molecule has 2 fully saturated rings. The highest BCUT2D eigenvalue weighted by Gasteiger charge is 2.53. The van der Waals surface area contributed by atoms with Gasteiger partial charge in [0.2, 0.25) is 0 Å². The highest BCUT2D eigenvalue weighted by atomic mass is 16.5. The standard InChI is InChI=1S/C18H26N2O/c1-20-8-7-18-6-4-3-5-13(18)16(20)10-12-9-15(19)17(21-2)11-14(12)18/h9,11,13,16H,3-8,10,19H2,1-2H3/t13?,16-,18+/m0/s1. The molecule has 3 atom stereocenters. The molecule has 0 amide bonds. The van der Waals surface area contributed by atoms with Crippen LogP contribution in [-0.2, 0) is 11.8 Å². The average Bonchev–Trinajstić information content (AvgIpc) is 2.50. The van der Waals surface area contributed by atoms with Crippen molar-refractivity contribution < 1.29 is 4.74 Å². The molecule has 2 aliphatic carbocycles. The van der Waals surface area contributed by atoms with E-state index in [9.17, 15) is 0 Å². The van der Waals surface area contributed by atoms with Crippen molar-refractivity contribution in [3.05, 3.63) is 23.3 Å². The van der Waals surface area contributed by atoms with Crippen LogP contribution in [0.4, 0.5) is 5.69 Å². The first kappa shape index (κ1) is 13.4. The molecule has 0 radical (unpaired) electrons. The minimum atomic E-state index is 0.393. The number of rotatable bonds is 1. The molecule has 4 rings (SSSR count). The molecule has 0 aromatic heterocycles. The SMILES string of the molecule is COc1cc2c(cc1N)C[C@H]1C3CCCC[C@]23CCN1C. The van der Waals surface area contributed by atoms with Crippen LogP contribution in [0.1, 0.15) is 43.2 Å². The molecule has 3 heteroatoms. The predicted molar refractivity (Wildman–Crippen MR) is 85.8 cm³/mol. The zero-order valence-electron chi connectivity index (χ0n) is 13.2. The van der Waals surface area contributed by atoms with Gasteiger partial charge in [0.1, 0.15) is 5.75 Å². The van der Waals surface area contributed by atoms with E-state index < -0.39 is 0 Å². The first-order valence-electron chi connectivity index (χ1n) is 8.33. The quantitative estimate of drug-likeness (QED) is 0.807. The molecule has 1 saturated heterocycles. The normalized spacial score (nSPS) is 35.0. The first-order valence-corrected chi connectivity index (χ1v) is 8.33. The second kappa shape index (κ2) is 4.64. The van der Waals surface area contributed by atoms with Crippen LogP contribution >= 0.6 is 0 Å². The van der Waals surface area contributed by atoms with Gasteiger partial charge in [0, 0.05) is 11.5 Å². The number of likely N-dealkylation sites (N-methyl/N-ethyl adjacent to an activating group) is 1. The van der Waals surface area contributed by atoms with Crippen LogP contribution in [0.5, 0.6) is 5.75 Å². The van der Waals surface area contributed by atoms with Crippen LogP contribution in [0.25, 0.3) is 0 Å². The van der Waals surface area contributed by atoms with Crippen molar-refractivity contribution in [2.24, 2.45) is 5.92 Å². The Morgan fingerprint density at radius 2 is 2.14 bits per heavy atom. The minimum absolute atomic E-state index is 0.393. The highest BCUT2D eigenvalue weighted by Crippen LogP contribution is 2.56. The van der Waals surface area contributed by atoms with E-state index in [0.717, 1.165) is 23.8 Å². The summed E-state index contributed by atoms with van der Waals surface area (Å²) in [6, 6.07) is 5.16. The van der Waals surface area contributed by atoms with Crippen molar-refractivity contribution in [1.82, 2.24) is 4.90 Å². The van der Waals surface area contributed by atoms with Gasteiger partial charge in [0.15, 0.2) is 0 Å². The number of piperidine rings is 1. The molecular weight excluding hydrogens is 260 g/mol. The summed E-state index contributed by atoms with van der Waals surface area (Å²) in [4.78, 5) is 2.59. The van der Waals surface area contributed by atoms with Crippen molar-refractivity contribution >= 4 is 5.69 Å². The maximum atomic E-state index is 6.17. The van der Waals surface area contributed by atoms with Crippen LogP contribution in [0.2, 0.25) is 0 Å². The lowest BCUT2D eigenvalue weighted by Gasteiger charge is -2.58. The molecule has 2 N–H and O–H groups in total. The molecule has 1 unspecified atom stereocenters. The van der Waals surface area contributed by atoms with Gasteiger partial charge >= 0.3 is 0 Å². The van der Waals surface area contributed by atoms with Gasteiger partial charge in [-0.1, -0.05) is 12.8 Å². The van der Waals surface area contributed by atoms with Crippen molar-refractivity contribution in [2.75, 3.05) is 26.4 Å². The Balaban J connectivity index is 1.90. The fourth-order valence-electron chi connectivity index (χ4n) is 5.43. The van der Waals surface area contributed by atoms with Gasteiger partial charge in [-0.15, -0.1) is 0 Å². The lowest BCUT2D eigenvalue weighted by Crippen LogP contribution is -2.59. The number of nitrogens with two attached hydrogens (primary N) is 1. The summed E-state index contributed by atoms with van der Waals surface area (Å²) < 4.78 is 5.51. The molecule has 3 nitrogen and oxygen atoms in total. The van der Waals surface area contributed by atoms with E-state index in [2.05, 4.69) is 24.1 Å². The van der Waals surface area contributed by atoms with E-state index in [1.807, 2.05) is 0 Å². The van der Waals surface area contributed by atoms with Crippen LogP contribution in [0.3, 0.4) is 0 Å². The third kappa shape index (κ3) is 1.76. The molecule has 21 heavy (non-hydrogen) atoms. The number of ether oxygens (including phenoxy) is 1. The first-order chi connectivity index (χ1) is 10.2. The third-order valence-corrected chi connectivity index (χ3v) is 6.46. The van der Waals surface area contributed by atoms with Gasteiger partial charge in [0.25, 0.3) is 0 Å². The molecule has 1 saturated carbocycles. The molecule has 1 aromatic carbocycles. The maximum absolute atomic E-state index is 6.17. The predicted octanol–water partition coefficient (Wildman–Crippen LogP) is 2.97. The highest BCUT2D eigenvalue weighted by molar-refractivity contribution is 5.60. The average molecular weight is 286 g/mol. The third-order valence-electron chi connectivity index (χ3n) is 6.46. The second-order valence-corrected chi connectivity index (χ2v) is 7.26. The molecule has 0 spiro atoms. The van der Waals surface area contributed by atoms with E-state index in [1.54, 1.807) is 12.7 Å². The number of hydrogen-bond acceptors (Lipinski definition) is 3. The van der Waals surface area contributed by atoms with Gasteiger partial charge in [-0.25, -0.2) is 0 Å². The fraction of sp³-hybridized carbons (Fsp3) is 0.667. The summed E-state index contributed by atoms with van der Waals surface area (Å²) in [5.41, 5.74) is 10.4. The molecule has 1 heterocycles. The zero-order valence-corrected chi connectivity index (χ0v) is 13.2. The number of benzene rings is 1. The summed E-state index contributed by atoms with van der Waals surface area (Å²) in [5, 5.41) is 0. The summed E-state index contributed by atoms with van der Waals surface area (Å²) >= 11 is 0. The molecule has 1 aromatic rings. The molecule has 3 aliphatic rings. The number of methoxy groups -OCH3 is 1. The molecular formula is C18H26N2O. The van der Waals surface area contributed by atoms with Crippen LogP contribution in [0.15, 0.2) is 12.1 Å². The Morgan fingerprint density at radius 3 is 2.95 bits per heavy atom. The number of likely N-dealkylation sites (tertiary alicyclic amines) is 1. The van der Waals surface area contributed by atoms with Gasteiger partial charge in [0.05, 0.1) is 12.8 Å². The number of anilines is 1. The molecule has 114 valence electrons. The lowest BCUT2D eigenvalue weighted by molar-refractivity contribution is 0.00277. The van der Waals surface area contributed by atoms with Crippen molar-refractivity contribution in [3.8, 4) is 5.75 Å². The van der Waals surface area contributed by atoms with E-state index in [1.165, 1.54) is 44.2 Å². The van der Waals surface area contributed by atoms with Gasteiger partial charge in [-0.2, -0.15) is 0 Å². The van der Waals surface area contributed by atoms with Gasteiger partial charge < -0.3 is 15.4 Å². The number of hydrogen-bond donors (Lipinski definition) is 1. The summed E-state index contributed by atoms with van der Waals surface area (Å²) in [6.45, 7) is 1.23. The second-order valence-electron chi connectivity index (χ2n) is 7.26. The lowest BCUT2D eigenvalue weighted by atomic mass is 9.52. The smallest absolute Gasteiger partial charge is 0.142 e. The number of nitrogens with zero attached hydrogens (tertiary/aromatic N) is 1. The monoisotopic (exact) mass is 286 g/mol. The number of nitrogen functional groups attached to an aromatic ring is 1. The van der Waals surface area contributed by atoms with E-state index >= 15 is 0 Å². The van der Waals surface area contributed by atoms with Gasteiger partial charge in [-0.3, -0.25) is 0 Å². The van der Waals surface area contributed by atoms with Crippen molar-refractivity contribution in [1.29, 1.82) is 0 Å². The van der Waals surface area contributed by atoms with E-state index in [4.69, 9.17) is 10.5 Å². The Labute approximate surface area is 127 Å². The Bertz CT molecular complexity index is 571. The van der Waals surface area contributed by atoms with Crippen LogP contribution < -0.4 is 10.5 Å². The van der Waals surface area contributed by atoms with Crippen molar-refractivity contribution in [3.63, 3.8) is 0 Å². The minimum Gasteiger partial charge on any atom is -0.495 e. The van der Waals surface area contributed by atoms with E-state index in [-0.39, 0.29) is 0 Å². The number of fused-ring (bicyclic) bond motifs is 1. The fourth-order valence-corrected chi connectivity index (χ4v) is 5.43. The summed E-state index contributed by atoms with van der Waals surface area (Å²) in [5.74, 6) is 1.69. The van der Waals surface area contributed by atoms with Crippen molar-refractivity contribution in [2.45, 2.75) is 50.0 Å². The van der Waals surface area contributed by atoms with Gasteiger partial charge in [-0.05, 0) is 68.5 Å². The Hall–Kier alpha value is -1.22. The largest absolute Gasteiger partial charge is 0.495 e. The van der Waals surface area contributed by atoms with Crippen LogP contribution in [-0.4, -0.2) is 31.6 Å². The summed E-state index contributed by atoms with van der Waals surface area (Å²) in [6.07, 6.45) is 7.97. The molecule has 1 aliphatic heterocycles. The topological polar surface area (TPSA) is 38.5 Å². The van der Waals surface area contributed by atoms with E-state index in [0.29, 0.717) is 11.5 Å². The Morgan fingerprint density at radius 1 is 1.29 bits per heavy atom. The summed E-state index contributed by atoms with van der Waals surface area (Å²) in [7, 11) is 4.04.